The van der Waals surface area contributed by atoms with Crippen LogP contribution in [0.2, 0.25) is 0 Å². The Labute approximate surface area is 125 Å². The molecule has 0 spiro atoms. The van der Waals surface area contributed by atoms with Gasteiger partial charge in [-0.2, -0.15) is 0 Å². The standard InChI is InChI=1S/C18H21F2N/c1-3-21-17(18-15(19)8-5-9-16(18)20)11-10-14-7-4-6-13(2)12-14/h4-9,12,17,21H,3,10-11H2,1-2H3. The maximum atomic E-state index is 13.9. The maximum absolute atomic E-state index is 13.9. The van der Waals surface area contributed by atoms with Crippen LogP contribution in [0.3, 0.4) is 0 Å². The third kappa shape index (κ3) is 4.11. The van der Waals surface area contributed by atoms with Crippen LogP contribution in [0.1, 0.15) is 36.1 Å². The summed E-state index contributed by atoms with van der Waals surface area (Å²) in [5, 5.41) is 3.19. The Balaban J connectivity index is 2.16. The van der Waals surface area contributed by atoms with Gasteiger partial charge in [0.1, 0.15) is 11.6 Å². The third-order valence-electron chi connectivity index (χ3n) is 3.60. The summed E-state index contributed by atoms with van der Waals surface area (Å²) in [4.78, 5) is 0. The monoisotopic (exact) mass is 289 g/mol. The number of hydrogen-bond acceptors (Lipinski definition) is 1. The van der Waals surface area contributed by atoms with E-state index in [1.54, 1.807) is 0 Å². The van der Waals surface area contributed by atoms with E-state index in [4.69, 9.17) is 0 Å². The highest BCUT2D eigenvalue weighted by Crippen LogP contribution is 2.25. The minimum absolute atomic E-state index is 0.145. The molecule has 0 radical (unpaired) electrons. The number of halogens is 2. The number of hydrogen-bond donors (Lipinski definition) is 1. The largest absolute Gasteiger partial charge is 0.310 e. The minimum atomic E-state index is -0.481. The predicted molar refractivity (Wildman–Crippen MR) is 82.3 cm³/mol. The smallest absolute Gasteiger partial charge is 0.130 e. The fourth-order valence-electron chi connectivity index (χ4n) is 2.62. The normalized spacial score (nSPS) is 12.4. The van der Waals surface area contributed by atoms with Crippen LogP contribution in [0.25, 0.3) is 0 Å². The summed E-state index contributed by atoms with van der Waals surface area (Å²) in [5.74, 6) is -0.963. The molecule has 0 fully saturated rings. The van der Waals surface area contributed by atoms with E-state index in [1.165, 1.54) is 29.3 Å². The van der Waals surface area contributed by atoms with Gasteiger partial charge in [0.2, 0.25) is 0 Å². The quantitative estimate of drug-likeness (QED) is 0.822. The SMILES string of the molecule is CCNC(CCc1cccc(C)c1)c1c(F)cccc1F. The van der Waals surface area contributed by atoms with E-state index in [1.807, 2.05) is 32.0 Å². The first-order valence-electron chi connectivity index (χ1n) is 7.34. The van der Waals surface area contributed by atoms with Crippen molar-refractivity contribution in [2.45, 2.75) is 32.7 Å². The molecule has 0 heterocycles. The number of aryl methyl sites for hydroxylation is 2. The molecule has 1 unspecified atom stereocenters. The van der Waals surface area contributed by atoms with E-state index in [0.717, 1.165) is 6.42 Å². The Bertz CT molecular complexity index is 575. The molecule has 112 valence electrons. The molecule has 0 bridgehead atoms. The first-order valence-corrected chi connectivity index (χ1v) is 7.34. The van der Waals surface area contributed by atoms with Gasteiger partial charge in [0.05, 0.1) is 0 Å². The van der Waals surface area contributed by atoms with Crippen molar-refractivity contribution in [3.05, 3.63) is 70.8 Å². The summed E-state index contributed by atoms with van der Waals surface area (Å²) in [6.07, 6.45) is 1.45. The number of nitrogens with one attached hydrogen (secondary N) is 1. The highest BCUT2D eigenvalue weighted by molar-refractivity contribution is 5.25. The highest BCUT2D eigenvalue weighted by atomic mass is 19.1. The molecule has 2 rings (SSSR count). The van der Waals surface area contributed by atoms with E-state index >= 15 is 0 Å². The lowest BCUT2D eigenvalue weighted by Gasteiger charge is -2.19. The lowest BCUT2D eigenvalue weighted by molar-refractivity contribution is 0.454. The van der Waals surface area contributed by atoms with Crippen molar-refractivity contribution >= 4 is 0 Å². The Hall–Kier alpha value is -1.74. The van der Waals surface area contributed by atoms with Crippen LogP contribution in [0, 0.1) is 18.6 Å². The van der Waals surface area contributed by atoms with Crippen LogP contribution in [-0.4, -0.2) is 6.54 Å². The molecule has 1 nitrogen and oxygen atoms in total. The minimum Gasteiger partial charge on any atom is -0.310 e. The van der Waals surface area contributed by atoms with E-state index in [9.17, 15) is 8.78 Å². The summed E-state index contributed by atoms with van der Waals surface area (Å²) in [7, 11) is 0. The van der Waals surface area contributed by atoms with Gasteiger partial charge in [-0.25, -0.2) is 8.78 Å². The van der Waals surface area contributed by atoms with Crippen molar-refractivity contribution in [1.29, 1.82) is 0 Å². The zero-order valence-corrected chi connectivity index (χ0v) is 12.5. The van der Waals surface area contributed by atoms with E-state index < -0.39 is 11.6 Å². The summed E-state index contributed by atoms with van der Waals surface area (Å²) >= 11 is 0. The van der Waals surface area contributed by atoms with Crippen LogP contribution < -0.4 is 5.32 Å². The zero-order valence-electron chi connectivity index (χ0n) is 12.5. The zero-order chi connectivity index (χ0) is 15.2. The lowest BCUT2D eigenvalue weighted by Crippen LogP contribution is -2.23. The maximum Gasteiger partial charge on any atom is 0.130 e. The van der Waals surface area contributed by atoms with Crippen molar-refractivity contribution in [3.8, 4) is 0 Å². The lowest BCUT2D eigenvalue weighted by atomic mass is 9.97. The molecule has 3 heteroatoms. The molecule has 0 aromatic heterocycles. The molecule has 1 N–H and O–H groups in total. The van der Waals surface area contributed by atoms with Gasteiger partial charge in [0.25, 0.3) is 0 Å². The van der Waals surface area contributed by atoms with Crippen molar-refractivity contribution < 1.29 is 8.78 Å². The predicted octanol–water partition coefficient (Wildman–Crippen LogP) is 4.56. The van der Waals surface area contributed by atoms with Gasteiger partial charge in [-0.15, -0.1) is 0 Å². The summed E-state index contributed by atoms with van der Waals surface area (Å²) in [5.41, 5.74) is 2.53. The van der Waals surface area contributed by atoms with Crippen molar-refractivity contribution in [3.63, 3.8) is 0 Å². The molecule has 21 heavy (non-hydrogen) atoms. The molecule has 0 saturated carbocycles. The first kappa shape index (κ1) is 15.6. The Morgan fingerprint density at radius 3 is 2.33 bits per heavy atom. The van der Waals surface area contributed by atoms with Gasteiger partial charge in [-0.1, -0.05) is 42.8 Å². The highest BCUT2D eigenvalue weighted by Gasteiger charge is 2.19. The van der Waals surface area contributed by atoms with Crippen molar-refractivity contribution in [2.75, 3.05) is 6.54 Å². The second kappa shape index (κ2) is 7.32. The fraction of sp³-hybridized carbons (Fsp3) is 0.333. The second-order valence-electron chi connectivity index (χ2n) is 5.27. The summed E-state index contributed by atoms with van der Waals surface area (Å²) in [6.45, 7) is 4.66. The molecule has 0 aliphatic heterocycles. The molecule has 0 aliphatic carbocycles. The van der Waals surface area contributed by atoms with Crippen molar-refractivity contribution in [1.82, 2.24) is 5.32 Å². The van der Waals surface area contributed by atoms with Gasteiger partial charge in [0, 0.05) is 11.6 Å². The summed E-state index contributed by atoms with van der Waals surface area (Å²) in [6, 6.07) is 11.9. The summed E-state index contributed by atoms with van der Waals surface area (Å²) < 4.78 is 27.9. The third-order valence-corrected chi connectivity index (χ3v) is 3.60. The van der Waals surface area contributed by atoms with Crippen LogP contribution in [0.15, 0.2) is 42.5 Å². The molecular formula is C18H21F2N. The van der Waals surface area contributed by atoms with E-state index in [-0.39, 0.29) is 11.6 Å². The Morgan fingerprint density at radius 2 is 1.71 bits per heavy atom. The molecular weight excluding hydrogens is 268 g/mol. The Kier molecular flexibility index (Phi) is 5.45. The molecule has 2 aromatic rings. The average Bonchev–Trinajstić information content (AvgIpc) is 2.44. The van der Waals surface area contributed by atoms with Crippen molar-refractivity contribution in [2.24, 2.45) is 0 Å². The van der Waals surface area contributed by atoms with Gasteiger partial charge in [-0.05, 0) is 44.0 Å². The average molecular weight is 289 g/mol. The number of benzene rings is 2. The topological polar surface area (TPSA) is 12.0 Å². The van der Waals surface area contributed by atoms with Gasteiger partial charge < -0.3 is 5.32 Å². The molecule has 1 atom stereocenters. The molecule has 0 amide bonds. The fourth-order valence-corrected chi connectivity index (χ4v) is 2.62. The Morgan fingerprint density at radius 1 is 1.05 bits per heavy atom. The van der Waals surface area contributed by atoms with E-state index in [2.05, 4.69) is 11.4 Å². The van der Waals surface area contributed by atoms with E-state index in [0.29, 0.717) is 13.0 Å². The van der Waals surface area contributed by atoms with Gasteiger partial charge in [-0.3, -0.25) is 0 Å². The molecule has 0 saturated heterocycles. The van der Waals surface area contributed by atoms with Crippen LogP contribution in [0.5, 0.6) is 0 Å². The molecule has 2 aromatic carbocycles. The van der Waals surface area contributed by atoms with Gasteiger partial charge in [0.15, 0.2) is 0 Å². The first-order chi connectivity index (χ1) is 10.1. The number of rotatable bonds is 6. The van der Waals surface area contributed by atoms with Crippen LogP contribution in [0.4, 0.5) is 8.78 Å². The van der Waals surface area contributed by atoms with Crippen LogP contribution in [-0.2, 0) is 6.42 Å². The second-order valence-corrected chi connectivity index (χ2v) is 5.27. The molecule has 0 aliphatic rings. The van der Waals surface area contributed by atoms with Crippen LogP contribution >= 0.6 is 0 Å². The van der Waals surface area contributed by atoms with Gasteiger partial charge >= 0.3 is 0 Å².